The first kappa shape index (κ1) is 8.89. The average molecular weight is 133 g/mol. The summed E-state index contributed by atoms with van der Waals surface area (Å²) in [6.45, 7) is 7.44. The van der Waals surface area contributed by atoms with E-state index in [1.165, 1.54) is 0 Å². The number of halogens is 1. The van der Waals surface area contributed by atoms with E-state index in [9.17, 15) is 4.39 Å². The molecular weight excluding hydrogens is 117 g/mol. The highest BCUT2D eigenvalue weighted by Crippen LogP contribution is 2.03. The highest BCUT2D eigenvalue weighted by Gasteiger charge is 2.09. The standard InChI is InChI=1S/C7H16FN/c1-4-7(8)9(5-2)6-3/h7H,4-6H2,1-3H3. The monoisotopic (exact) mass is 133 g/mol. The molecule has 0 saturated carbocycles. The van der Waals surface area contributed by atoms with Crippen LogP contribution in [0, 0.1) is 0 Å². The largest absolute Gasteiger partial charge is 0.275 e. The van der Waals surface area contributed by atoms with E-state index in [1.807, 2.05) is 20.8 Å². The predicted octanol–water partition coefficient (Wildman–Crippen LogP) is 2.03. The van der Waals surface area contributed by atoms with E-state index >= 15 is 0 Å². The molecule has 1 unspecified atom stereocenters. The molecule has 0 aromatic carbocycles. The lowest BCUT2D eigenvalue weighted by Crippen LogP contribution is -2.30. The van der Waals surface area contributed by atoms with Crippen LogP contribution in [0.15, 0.2) is 0 Å². The van der Waals surface area contributed by atoms with E-state index in [-0.39, 0.29) is 0 Å². The summed E-state index contributed by atoms with van der Waals surface area (Å²) in [5.74, 6) is 0. The van der Waals surface area contributed by atoms with Gasteiger partial charge in [0, 0.05) is 0 Å². The smallest absolute Gasteiger partial charge is 0.153 e. The summed E-state index contributed by atoms with van der Waals surface area (Å²) < 4.78 is 12.7. The lowest BCUT2D eigenvalue weighted by molar-refractivity contribution is 0.0899. The minimum Gasteiger partial charge on any atom is -0.275 e. The normalized spacial score (nSPS) is 14.3. The summed E-state index contributed by atoms with van der Waals surface area (Å²) in [5.41, 5.74) is 0. The zero-order valence-electron chi connectivity index (χ0n) is 6.52. The highest BCUT2D eigenvalue weighted by molar-refractivity contribution is 4.54. The quantitative estimate of drug-likeness (QED) is 0.530. The Hall–Kier alpha value is -0.110. The summed E-state index contributed by atoms with van der Waals surface area (Å²) in [7, 11) is 0. The molecule has 1 nitrogen and oxygen atoms in total. The van der Waals surface area contributed by atoms with Gasteiger partial charge >= 0.3 is 0 Å². The van der Waals surface area contributed by atoms with Crippen LogP contribution >= 0.6 is 0 Å². The lowest BCUT2D eigenvalue weighted by atomic mass is 10.4. The Morgan fingerprint density at radius 2 is 1.67 bits per heavy atom. The van der Waals surface area contributed by atoms with Crippen molar-refractivity contribution < 1.29 is 4.39 Å². The molecule has 9 heavy (non-hydrogen) atoms. The van der Waals surface area contributed by atoms with E-state index in [4.69, 9.17) is 0 Å². The molecule has 0 aliphatic heterocycles. The summed E-state index contributed by atoms with van der Waals surface area (Å²) in [6.07, 6.45) is -0.137. The Morgan fingerprint density at radius 3 is 1.78 bits per heavy atom. The van der Waals surface area contributed by atoms with Gasteiger partial charge in [0.25, 0.3) is 0 Å². The molecule has 0 aliphatic rings. The molecule has 56 valence electrons. The van der Waals surface area contributed by atoms with Crippen molar-refractivity contribution in [3.8, 4) is 0 Å². The van der Waals surface area contributed by atoms with Crippen LogP contribution in [0.2, 0.25) is 0 Å². The van der Waals surface area contributed by atoms with E-state index < -0.39 is 6.30 Å². The third-order valence-corrected chi connectivity index (χ3v) is 1.55. The lowest BCUT2D eigenvalue weighted by Gasteiger charge is -2.21. The van der Waals surface area contributed by atoms with Crippen molar-refractivity contribution in [2.75, 3.05) is 13.1 Å². The second-order valence-electron chi connectivity index (χ2n) is 2.06. The molecule has 0 bridgehead atoms. The van der Waals surface area contributed by atoms with Gasteiger partial charge in [0.1, 0.15) is 0 Å². The molecule has 0 N–H and O–H groups in total. The molecule has 0 radical (unpaired) electrons. The van der Waals surface area contributed by atoms with Crippen LogP contribution in [0.5, 0.6) is 0 Å². The zero-order chi connectivity index (χ0) is 7.28. The van der Waals surface area contributed by atoms with Crippen molar-refractivity contribution in [2.24, 2.45) is 0 Å². The number of alkyl halides is 1. The second-order valence-corrected chi connectivity index (χ2v) is 2.06. The van der Waals surface area contributed by atoms with E-state index in [0.717, 1.165) is 13.1 Å². The Labute approximate surface area is 56.9 Å². The van der Waals surface area contributed by atoms with Crippen LogP contribution in [-0.2, 0) is 0 Å². The number of hydrogen-bond acceptors (Lipinski definition) is 1. The van der Waals surface area contributed by atoms with E-state index in [1.54, 1.807) is 4.90 Å². The second kappa shape index (κ2) is 4.74. The van der Waals surface area contributed by atoms with Crippen LogP contribution < -0.4 is 0 Å². The van der Waals surface area contributed by atoms with Crippen LogP contribution in [-0.4, -0.2) is 24.3 Å². The van der Waals surface area contributed by atoms with Gasteiger partial charge in [-0.05, 0) is 19.5 Å². The van der Waals surface area contributed by atoms with Crippen molar-refractivity contribution in [1.82, 2.24) is 4.90 Å². The van der Waals surface area contributed by atoms with Gasteiger partial charge < -0.3 is 0 Å². The highest BCUT2D eigenvalue weighted by atomic mass is 19.1. The first-order valence-electron chi connectivity index (χ1n) is 3.64. The molecule has 0 spiro atoms. The van der Waals surface area contributed by atoms with Gasteiger partial charge in [-0.15, -0.1) is 0 Å². The minimum absolute atomic E-state index is 0.599. The molecule has 0 rings (SSSR count). The maximum Gasteiger partial charge on any atom is 0.153 e. The molecular formula is C7H16FN. The summed E-state index contributed by atoms with van der Waals surface area (Å²) in [5, 5.41) is 0. The van der Waals surface area contributed by atoms with Crippen molar-refractivity contribution in [2.45, 2.75) is 33.5 Å². The molecule has 1 atom stereocenters. The zero-order valence-corrected chi connectivity index (χ0v) is 6.52. The maximum atomic E-state index is 12.7. The molecule has 0 aliphatic carbocycles. The first-order chi connectivity index (χ1) is 4.26. The van der Waals surface area contributed by atoms with Crippen molar-refractivity contribution >= 4 is 0 Å². The fraction of sp³-hybridized carbons (Fsp3) is 1.00. The van der Waals surface area contributed by atoms with Gasteiger partial charge in [-0.2, -0.15) is 0 Å². The Kier molecular flexibility index (Phi) is 4.68. The molecule has 0 aromatic rings. The first-order valence-corrected chi connectivity index (χ1v) is 3.64. The van der Waals surface area contributed by atoms with Crippen LogP contribution in [0.1, 0.15) is 27.2 Å². The van der Waals surface area contributed by atoms with Gasteiger partial charge in [0.05, 0.1) is 0 Å². The SMILES string of the molecule is CCC(F)N(CC)CC. The topological polar surface area (TPSA) is 3.24 Å². The van der Waals surface area contributed by atoms with Gasteiger partial charge in [-0.25, -0.2) is 4.39 Å². The molecule has 0 amide bonds. The van der Waals surface area contributed by atoms with Crippen molar-refractivity contribution in [3.05, 3.63) is 0 Å². The van der Waals surface area contributed by atoms with Crippen LogP contribution in [0.3, 0.4) is 0 Å². The summed E-state index contributed by atoms with van der Waals surface area (Å²) in [4.78, 5) is 1.81. The van der Waals surface area contributed by atoms with E-state index in [0.29, 0.717) is 6.42 Å². The van der Waals surface area contributed by atoms with Gasteiger partial charge in [-0.3, -0.25) is 4.90 Å². The van der Waals surface area contributed by atoms with E-state index in [2.05, 4.69) is 0 Å². The Morgan fingerprint density at radius 1 is 1.22 bits per heavy atom. The molecule has 0 heterocycles. The maximum absolute atomic E-state index is 12.7. The van der Waals surface area contributed by atoms with Crippen molar-refractivity contribution in [1.29, 1.82) is 0 Å². The van der Waals surface area contributed by atoms with Crippen LogP contribution in [0.25, 0.3) is 0 Å². The number of rotatable bonds is 4. The number of nitrogens with zero attached hydrogens (tertiary/aromatic N) is 1. The molecule has 0 aromatic heterocycles. The molecule has 2 heteroatoms. The van der Waals surface area contributed by atoms with Crippen LogP contribution in [0.4, 0.5) is 4.39 Å². The predicted molar refractivity (Wildman–Crippen MR) is 38.1 cm³/mol. The third kappa shape index (κ3) is 2.80. The molecule has 0 fully saturated rings. The molecule has 0 saturated heterocycles. The fourth-order valence-electron chi connectivity index (χ4n) is 0.878. The van der Waals surface area contributed by atoms with Gasteiger partial charge in [-0.1, -0.05) is 20.8 Å². The van der Waals surface area contributed by atoms with Gasteiger partial charge in [0.2, 0.25) is 0 Å². The number of hydrogen-bond donors (Lipinski definition) is 0. The average Bonchev–Trinajstić information content (AvgIpc) is 1.90. The fourth-order valence-corrected chi connectivity index (χ4v) is 0.878. The summed E-state index contributed by atoms with van der Waals surface area (Å²) in [6, 6.07) is 0. The van der Waals surface area contributed by atoms with Crippen molar-refractivity contribution in [3.63, 3.8) is 0 Å². The minimum atomic E-state index is -0.736. The summed E-state index contributed by atoms with van der Waals surface area (Å²) >= 11 is 0. The Balaban J connectivity index is 3.50. The van der Waals surface area contributed by atoms with Gasteiger partial charge in [0.15, 0.2) is 6.30 Å². The Bertz CT molecular complexity index is 61.9. The third-order valence-electron chi connectivity index (χ3n) is 1.55.